The van der Waals surface area contributed by atoms with Crippen LogP contribution in [0.3, 0.4) is 0 Å². The van der Waals surface area contributed by atoms with Crippen molar-refractivity contribution in [3.8, 4) is 0 Å². The zero-order valence-electron chi connectivity index (χ0n) is 12.8. The van der Waals surface area contributed by atoms with Crippen molar-refractivity contribution in [3.63, 3.8) is 0 Å². The fourth-order valence-electron chi connectivity index (χ4n) is 2.48. The summed E-state index contributed by atoms with van der Waals surface area (Å²) in [6.07, 6.45) is 3.29. The summed E-state index contributed by atoms with van der Waals surface area (Å²) < 4.78 is 0. The fraction of sp³-hybridized carbons (Fsp3) is 0.100. The van der Waals surface area contributed by atoms with Gasteiger partial charge in [0.15, 0.2) is 0 Å². The summed E-state index contributed by atoms with van der Waals surface area (Å²) in [5.41, 5.74) is 2.83. The lowest BCUT2D eigenvalue weighted by Gasteiger charge is -2.23. The van der Waals surface area contributed by atoms with Gasteiger partial charge < -0.3 is 4.90 Å². The minimum atomic E-state index is -0.00851. The molecular formula is C20H18N2O. The van der Waals surface area contributed by atoms with Gasteiger partial charge in [0.1, 0.15) is 0 Å². The van der Waals surface area contributed by atoms with Crippen LogP contribution < -0.4 is 0 Å². The quantitative estimate of drug-likeness (QED) is 0.715. The van der Waals surface area contributed by atoms with Crippen LogP contribution in [0.15, 0.2) is 85.2 Å². The molecule has 0 atom stereocenters. The Morgan fingerprint density at radius 2 is 1.35 bits per heavy atom. The number of nitrogens with zero attached hydrogens (tertiary/aromatic N) is 2. The highest BCUT2D eigenvalue weighted by molar-refractivity contribution is 5.93. The smallest absolute Gasteiger partial charge is 0.256 e. The van der Waals surface area contributed by atoms with Crippen LogP contribution in [0.2, 0.25) is 0 Å². The third kappa shape index (κ3) is 4.04. The van der Waals surface area contributed by atoms with Gasteiger partial charge in [0.25, 0.3) is 5.91 Å². The van der Waals surface area contributed by atoms with Crippen LogP contribution in [-0.4, -0.2) is 15.8 Å². The van der Waals surface area contributed by atoms with E-state index in [4.69, 9.17) is 0 Å². The molecule has 0 bridgehead atoms. The predicted octanol–water partition coefficient (Wildman–Crippen LogP) is 3.92. The average molecular weight is 302 g/mol. The number of aromatic nitrogens is 1. The van der Waals surface area contributed by atoms with Crippen LogP contribution in [0.4, 0.5) is 0 Å². The second-order valence-corrected chi connectivity index (χ2v) is 5.37. The van der Waals surface area contributed by atoms with Gasteiger partial charge in [-0.25, -0.2) is 0 Å². The van der Waals surface area contributed by atoms with Gasteiger partial charge in [0.2, 0.25) is 0 Å². The molecule has 1 aromatic heterocycles. The zero-order chi connectivity index (χ0) is 15.9. The standard InChI is InChI=1S/C20H18N2O/c23-20(19-12-7-13-21-14-19)22(15-17-8-3-1-4-9-17)16-18-10-5-2-6-11-18/h1-14H,15-16H2. The number of carbonyl (C=O) groups is 1. The zero-order valence-corrected chi connectivity index (χ0v) is 12.8. The van der Waals surface area contributed by atoms with Gasteiger partial charge in [-0.3, -0.25) is 9.78 Å². The second-order valence-electron chi connectivity index (χ2n) is 5.37. The number of benzene rings is 2. The Hall–Kier alpha value is -2.94. The Balaban J connectivity index is 1.85. The van der Waals surface area contributed by atoms with E-state index in [1.165, 1.54) is 0 Å². The molecule has 3 heteroatoms. The molecule has 0 saturated heterocycles. The summed E-state index contributed by atoms with van der Waals surface area (Å²) >= 11 is 0. The number of amides is 1. The van der Waals surface area contributed by atoms with Crippen molar-refractivity contribution in [2.45, 2.75) is 13.1 Å². The van der Waals surface area contributed by atoms with Crippen molar-refractivity contribution >= 4 is 5.91 Å². The Morgan fingerprint density at radius 3 is 1.83 bits per heavy atom. The summed E-state index contributed by atoms with van der Waals surface area (Å²) in [5.74, 6) is -0.00851. The molecule has 0 spiro atoms. The number of pyridine rings is 1. The van der Waals surface area contributed by atoms with Crippen molar-refractivity contribution in [3.05, 3.63) is 102 Å². The molecule has 23 heavy (non-hydrogen) atoms. The molecule has 0 fully saturated rings. The molecule has 0 N–H and O–H groups in total. The van der Waals surface area contributed by atoms with Gasteiger partial charge >= 0.3 is 0 Å². The highest BCUT2D eigenvalue weighted by atomic mass is 16.2. The molecule has 3 nitrogen and oxygen atoms in total. The molecule has 2 aromatic carbocycles. The Bertz CT molecular complexity index is 701. The van der Waals surface area contributed by atoms with Gasteiger partial charge in [-0.05, 0) is 23.3 Å². The van der Waals surface area contributed by atoms with Crippen molar-refractivity contribution in [1.29, 1.82) is 0 Å². The molecule has 1 amide bonds. The molecule has 114 valence electrons. The minimum Gasteiger partial charge on any atom is -0.330 e. The van der Waals surface area contributed by atoms with Crippen LogP contribution >= 0.6 is 0 Å². The van der Waals surface area contributed by atoms with Crippen LogP contribution in [0, 0.1) is 0 Å². The van der Waals surface area contributed by atoms with Crippen molar-refractivity contribution in [1.82, 2.24) is 9.88 Å². The van der Waals surface area contributed by atoms with E-state index in [2.05, 4.69) is 4.98 Å². The Morgan fingerprint density at radius 1 is 0.783 bits per heavy atom. The first-order chi connectivity index (χ1) is 11.3. The van der Waals surface area contributed by atoms with E-state index in [1.807, 2.05) is 65.6 Å². The summed E-state index contributed by atoms with van der Waals surface area (Å²) in [5, 5.41) is 0. The normalized spacial score (nSPS) is 10.3. The van der Waals surface area contributed by atoms with Gasteiger partial charge in [0.05, 0.1) is 5.56 Å². The van der Waals surface area contributed by atoms with Crippen LogP contribution in [-0.2, 0) is 13.1 Å². The number of hydrogen-bond donors (Lipinski definition) is 0. The summed E-state index contributed by atoms with van der Waals surface area (Å²) in [7, 11) is 0. The highest BCUT2D eigenvalue weighted by Crippen LogP contribution is 2.13. The molecule has 1 heterocycles. The molecule has 0 radical (unpaired) electrons. The topological polar surface area (TPSA) is 33.2 Å². The fourth-order valence-corrected chi connectivity index (χ4v) is 2.48. The summed E-state index contributed by atoms with van der Waals surface area (Å²) in [6.45, 7) is 1.15. The van der Waals surface area contributed by atoms with E-state index in [9.17, 15) is 4.79 Å². The van der Waals surface area contributed by atoms with E-state index >= 15 is 0 Å². The first-order valence-electron chi connectivity index (χ1n) is 7.60. The van der Waals surface area contributed by atoms with Crippen LogP contribution in [0.1, 0.15) is 21.5 Å². The van der Waals surface area contributed by atoms with Gasteiger partial charge in [-0.15, -0.1) is 0 Å². The largest absolute Gasteiger partial charge is 0.330 e. The molecule has 0 aliphatic rings. The maximum Gasteiger partial charge on any atom is 0.256 e. The lowest BCUT2D eigenvalue weighted by molar-refractivity contribution is 0.0729. The SMILES string of the molecule is O=C(c1cccnc1)N(Cc1ccccc1)Cc1ccccc1. The third-order valence-electron chi connectivity index (χ3n) is 3.63. The van der Waals surface area contributed by atoms with Crippen LogP contribution in [0.5, 0.6) is 0 Å². The van der Waals surface area contributed by atoms with E-state index in [0.717, 1.165) is 11.1 Å². The van der Waals surface area contributed by atoms with E-state index in [-0.39, 0.29) is 5.91 Å². The number of hydrogen-bond acceptors (Lipinski definition) is 2. The third-order valence-corrected chi connectivity index (χ3v) is 3.63. The van der Waals surface area contributed by atoms with Gasteiger partial charge in [0, 0.05) is 25.5 Å². The second kappa shape index (κ2) is 7.36. The van der Waals surface area contributed by atoms with Gasteiger partial charge in [-0.2, -0.15) is 0 Å². The molecule has 0 aliphatic carbocycles. The molecule has 0 aliphatic heterocycles. The Kier molecular flexibility index (Phi) is 4.79. The first-order valence-corrected chi connectivity index (χ1v) is 7.60. The summed E-state index contributed by atoms with van der Waals surface area (Å²) in [6, 6.07) is 23.7. The van der Waals surface area contributed by atoms with Crippen molar-refractivity contribution in [2.24, 2.45) is 0 Å². The lowest BCUT2D eigenvalue weighted by Crippen LogP contribution is -2.30. The monoisotopic (exact) mass is 302 g/mol. The molecule has 0 unspecified atom stereocenters. The molecule has 3 aromatic rings. The van der Waals surface area contributed by atoms with E-state index in [1.54, 1.807) is 24.5 Å². The van der Waals surface area contributed by atoms with E-state index in [0.29, 0.717) is 18.7 Å². The Labute approximate surface area is 136 Å². The number of carbonyl (C=O) groups excluding carboxylic acids is 1. The van der Waals surface area contributed by atoms with Gasteiger partial charge in [-0.1, -0.05) is 60.7 Å². The minimum absolute atomic E-state index is 0.00851. The maximum atomic E-state index is 12.8. The molecule has 0 saturated carbocycles. The van der Waals surface area contributed by atoms with Crippen molar-refractivity contribution in [2.75, 3.05) is 0 Å². The lowest BCUT2D eigenvalue weighted by atomic mass is 10.1. The van der Waals surface area contributed by atoms with E-state index < -0.39 is 0 Å². The highest BCUT2D eigenvalue weighted by Gasteiger charge is 2.16. The molecular weight excluding hydrogens is 284 g/mol. The molecule has 3 rings (SSSR count). The average Bonchev–Trinajstić information content (AvgIpc) is 2.63. The first kappa shape index (κ1) is 15.0. The summed E-state index contributed by atoms with van der Waals surface area (Å²) in [4.78, 5) is 18.7. The van der Waals surface area contributed by atoms with Crippen LogP contribution in [0.25, 0.3) is 0 Å². The number of rotatable bonds is 5. The maximum absolute atomic E-state index is 12.8. The predicted molar refractivity (Wildman–Crippen MR) is 90.7 cm³/mol. The van der Waals surface area contributed by atoms with Crippen molar-refractivity contribution < 1.29 is 4.79 Å².